The fourth-order valence-electron chi connectivity index (χ4n) is 1.75. The van der Waals surface area contributed by atoms with Gasteiger partial charge in [0.2, 0.25) is 5.91 Å². The van der Waals surface area contributed by atoms with Gasteiger partial charge in [-0.15, -0.1) is 0 Å². The molecule has 4 nitrogen and oxygen atoms in total. The Labute approximate surface area is 82.5 Å². The van der Waals surface area contributed by atoms with Gasteiger partial charge in [0.25, 0.3) is 0 Å². The van der Waals surface area contributed by atoms with Crippen LogP contribution < -0.4 is 16.6 Å². The highest BCUT2D eigenvalue weighted by Crippen LogP contribution is 2.23. The van der Waals surface area contributed by atoms with Gasteiger partial charge >= 0.3 is 0 Å². The number of carbonyl (C=O) groups excluding carboxylic acids is 1. The summed E-state index contributed by atoms with van der Waals surface area (Å²) >= 11 is 0. The van der Waals surface area contributed by atoms with Crippen LogP contribution >= 0.6 is 0 Å². The molecule has 74 valence electrons. The van der Waals surface area contributed by atoms with Gasteiger partial charge in [0.05, 0.1) is 12.1 Å². The summed E-state index contributed by atoms with van der Waals surface area (Å²) in [4.78, 5) is 11.5. The molecule has 1 aromatic rings. The molecule has 1 aliphatic heterocycles. The molecule has 0 aromatic heterocycles. The molecule has 0 saturated carbocycles. The van der Waals surface area contributed by atoms with Crippen LogP contribution in [0.3, 0.4) is 0 Å². The number of hydrazine groups is 1. The maximum Gasteiger partial charge on any atom is 0.244 e. The first-order valence-corrected chi connectivity index (χ1v) is 4.56. The second-order valence-corrected chi connectivity index (χ2v) is 3.49. The van der Waals surface area contributed by atoms with Crippen molar-refractivity contribution in [3.8, 4) is 0 Å². The van der Waals surface area contributed by atoms with Gasteiger partial charge in [0.1, 0.15) is 0 Å². The summed E-state index contributed by atoms with van der Waals surface area (Å²) < 4.78 is 0. The van der Waals surface area contributed by atoms with E-state index in [-0.39, 0.29) is 18.0 Å². The van der Waals surface area contributed by atoms with E-state index in [2.05, 4.69) is 10.9 Å². The van der Waals surface area contributed by atoms with Crippen LogP contribution in [0.4, 0.5) is 0 Å². The van der Waals surface area contributed by atoms with Crippen LogP contribution in [0.1, 0.15) is 17.0 Å². The Bertz CT molecular complexity index is 364. The third-order valence-corrected chi connectivity index (χ3v) is 2.53. The summed E-state index contributed by atoms with van der Waals surface area (Å²) in [5.74, 6) is -0.344. The van der Waals surface area contributed by atoms with Crippen molar-refractivity contribution in [3.63, 3.8) is 0 Å². The molecule has 1 aromatic carbocycles. The lowest BCUT2D eigenvalue weighted by atomic mass is 9.93. The molecule has 2 atom stereocenters. The van der Waals surface area contributed by atoms with Crippen LogP contribution in [-0.2, 0) is 4.79 Å². The zero-order valence-corrected chi connectivity index (χ0v) is 7.95. The SMILES string of the molecule is Cc1ccccc1C1C(=O)NNC1N. The predicted octanol–water partition coefficient (Wildman–Crippen LogP) is -0.00218. The van der Waals surface area contributed by atoms with Crippen molar-refractivity contribution in [2.75, 3.05) is 0 Å². The fraction of sp³-hybridized carbons (Fsp3) is 0.300. The summed E-state index contributed by atoms with van der Waals surface area (Å²) in [6, 6.07) is 7.78. The van der Waals surface area contributed by atoms with E-state index < -0.39 is 0 Å². The van der Waals surface area contributed by atoms with Crippen LogP contribution in [0.2, 0.25) is 0 Å². The molecule has 2 rings (SSSR count). The van der Waals surface area contributed by atoms with Crippen molar-refractivity contribution in [2.45, 2.75) is 19.0 Å². The van der Waals surface area contributed by atoms with Gasteiger partial charge in [0, 0.05) is 0 Å². The first kappa shape index (κ1) is 9.18. The van der Waals surface area contributed by atoms with E-state index in [4.69, 9.17) is 5.73 Å². The summed E-state index contributed by atoms with van der Waals surface area (Å²) in [5, 5.41) is 0. The number of hydrogen-bond donors (Lipinski definition) is 3. The summed E-state index contributed by atoms with van der Waals surface area (Å²) in [5.41, 5.74) is 13.1. The van der Waals surface area contributed by atoms with Gasteiger partial charge in [-0.2, -0.15) is 0 Å². The van der Waals surface area contributed by atoms with Gasteiger partial charge in [0.15, 0.2) is 0 Å². The molecular formula is C10H13N3O. The first-order chi connectivity index (χ1) is 6.70. The predicted molar refractivity (Wildman–Crippen MR) is 53.2 cm³/mol. The van der Waals surface area contributed by atoms with Gasteiger partial charge in [-0.25, -0.2) is 5.43 Å². The minimum atomic E-state index is -0.344. The summed E-state index contributed by atoms with van der Waals surface area (Å²) in [6.07, 6.45) is -0.344. The largest absolute Gasteiger partial charge is 0.314 e. The van der Waals surface area contributed by atoms with E-state index in [0.717, 1.165) is 11.1 Å². The molecule has 0 bridgehead atoms. The standard InChI is InChI=1S/C10H13N3O/c1-6-4-2-3-5-7(6)8-9(11)12-13-10(8)14/h2-5,8-9,12H,11H2,1H3,(H,13,14). The number of hydrogen-bond acceptors (Lipinski definition) is 3. The Balaban J connectivity index is 2.39. The Kier molecular flexibility index (Phi) is 2.23. The molecular weight excluding hydrogens is 178 g/mol. The average molecular weight is 191 g/mol. The normalized spacial score (nSPS) is 26.3. The molecule has 0 spiro atoms. The van der Waals surface area contributed by atoms with Crippen LogP contribution in [-0.4, -0.2) is 12.1 Å². The van der Waals surface area contributed by atoms with E-state index in [0.29, 0.717) is 0 Å². The maximum absolute atomic E-state index is 11.5. The van der Waals surface area contributed by atoms with E-state index in [9.17, 15) is 4.79 Å². The molecule has 0 radical (unpaired) electrons. The van der Waals surface area contributed by atoms with E-state index in [1.165, 1.54) is 0 Å². The number of benzene rings is 1. The third kappa shape index (κ3) is 1.38. The molecule has 1 heterocycles. The highest BCUT2D eigenvalue weighted by atomic mass is 16.2. The average Bonchev–Trinajstić information content (AvgIpc) is 2.48. The molecule has 0 aliphatic carbocycles. The van der Waals surface area contributed by atoms with Gasteiger partial charge in [-0.05, 0) is 18.1 Å². The topological polar surface area (TPSA) is 67.2 Å². The molecule has 1 amide bonds. The summed E-state index contributed by atoms with van der Waals surface area (Å²) in [7, 11) is 0. The highest BCUT2D eigenvalue weighted by molar-refractivity contribution is 5.86. The quantitative estimate of drug-likeness (QED) is 0.585. The molecule has 4 heteroatoms. The van der Waals surface area contributed by atoms with Gasteiger partial charge < -0.3 is 5.73 Å². The molecule has 2 unspecified atom stereocenters. The van der Waals surface area contributed by atoms with Crippen LogP contribution in [0, 0.1) is 6.92 Å². The third-order valence-electron chi connectivity index (χ3n) is 2.53. The Morgan fingerprint density at radius 1 is 1.36 bits per heavy atom. The van der Waals surface area contributed by atoms with Crippen molar-refractivity contribution >= 4 is 5.91 Å². The van der Waals surface area contributed by atoms with Crippen LogP contribution in [0.15, 0.2) is 24.3 Å². The second kappa shape index (κ2) is 3.40. The number of nitrogens with one attached hydrogen (secondary N) is 2. The first-order valence-electron chi connectivity index (χ1n) is 4.56. The number of amides is 1. The molecule has 1 fully saturated rings. The monoisotopic (exact) mass is 191 g/mol. The molecule has 4 N–H and O–H groups in total. The lowest BCUT2D eigenvalue weighted by molar-refractivity contribution is -0.120. The van der Waals surface area contributed by atoms with Crippen molar-refractivity contribution in [1.82, 2.24) is 10.9 Å². The van der Waals surface area contributed by atoms with Crippen molar-refractivity contribution in [3.05, 3.63) is 35.4 Å². The maximum atomic E-state index is 11.5. The van der Waals surface area contributed by atoms with E-state index in [1.807, 2.05) is 31.2 Å². The smallest absolute Gasteiger partial charge is 0.244 e. The van der Waals surface area contributed by atoms with Gasteiger partial charge in [-0.1, -0.05) is 24.3 Å². The lowest BCUT2D eigenvalue weighted by Gasteiger charge is -2.14. The fourth-order valence-corrected chi connectivity index (χ4v) is 1.75. The Morgan fingerprint density at radius 2 is 2.07 bits per heavy atom. The summed E-state index contributed by atoms with van der Waals surface area (Å²) in [6.45, 7) is 1.98. The van der Waals surface area contributed by atoms with Crippen molar-refractivity contribution in [2.24, 2.45) is 5.73 Å². The van der Waals surface area contributed by atoms with Crippen LogP contribution in [0.5, 0.6) is 0 Å². The molecule has 1 saturated heterocycles. The molecule has 1 aliphatic rings. The molecule has 14 heavy (non-hydrogen) atoms. The Hall–Kier alpha value is -1.39. The minimum absolute atomic E-state index is 0.0631. The van der Waals surface area contributed by atoms with E-state index in [1.54, 1.807) is 0 Å². The highest BCUT2D eigenvalue weighted by Gasteiger charge is 2.33. The minimum Gasteiger partial charge on any atom is -0.314 e. The van der Waals surface area contributed by atoms with Gasteiger partial charge in [-0.3, -0.25) is 10.2 Å². The Morgan fingerprint density at radius 3 is 2.64 bits per heavy atom. The lowest BCUT2D eigenvalue weighted by Crippen LogP contribution is -2.38. The number of carbonyl (C=O) groups is 1. The second-order valence-electron chi connectivity index (χ2n) is 3.49. The van der Waals surface area contributed by atoms with Crippen LogP contribution in [0.25, 0.3) is 0 Å². The number of nitrogens with two attached hydrogens (primary N) is 1. The van der Waals surface area contributed by atoms with Crippen molar-refractivity contribution in [1.29, 1.82) is 0 Å². The zero-order chi connectivity index (χ0) is 10.1. The zero-order valence-electron chi connectivity index (χ0n) is 7.95. The number of aryl methyl sites for hydroxylation is 1. The van der Waals surface area contributed by atoms with E-state index >= 15 is 0 Å². The van der Waals surface area contributed by atoms with Crippen molar-refractivity contribution < 1.29 is 4.79 Å². The number of rotatable bonds is 1.